The number of piperazine rings is 1. The zero-order chi connectivity index (χ0) is 20.9. The molecule has 1 saturated heterocycles. The zero-order valence-corrected chi connectivity index (χ0v) is 16.9. The average molecular weight is 424 g/mol. The highest BCUT2D eigenvalue weighted by molar-refractivity contribution is 7.98. The fraction of sp³-hybridized carbons (Fsp3) is 0.250. The van der Waals surface area contributed by atoms with Gasteiger partial charge in [0.25, 0.3) is 11.6 Å². The predicted molar refractivity (Wildman–Crippen MR) is 114 cm³/mol. The van der Waals surface area contributed by atoms with Gasteiger partial charge in [0.1, 0.15) is 6.33 Å². The van der Waals surface area contributed by atoms with Crippen molar-refractivity contribution in [2.45, 2.75) is 10.9 Å². The minimum absolute atomic E-state index is 0.0211. The Balaban J connectivity index is 1.30. The number of H-pyrrole nitrogens is 1. The molecule has 0 unspecified atom stereocenters. The van der Waals surface area contributed by atoms with E-state index in [0.29, 0.717) is 31.7 Å². The quantitative estimate of drug-likeness (QED) is 0.368. The number of carbonyl (C=O) groups excluding carboxylic acids is 1. The molecule has 2 heterocycles. The van der Waals surface area contributed by atoms with Crippen LogP contribution in [0.2, 0.25) is 0 Å². The van der Waals surface area contributed by atoms with E-state index < -0.39 is 4.92 Å². The van der Waals surface area contributed by atoms with Crippen LogP contribution in [0.25, 0.3) is 0 Å². The molecule has 4 rings (SSSR count). The number of nitrogens with one attached hydrogen (secondary N) is 1. The maximum atomic E-state index is 12.8. The van der Waals surface area contributed by atoms with Crippen LogP contribution in [0.4, 0.5) is 11.4 Å². The number of carbonyl (C=O) groups is 1. The van der Waals surface area contributed by atoms with Gasteiger partial charge in [0.15, 0.2) is 5.16 Å². The third-order valence-electron chi connectivity index (χ3n) is 4.96. The first-order chi connectivity index (χ1) is 14.6. The van der Waals surface area contributed by atoms with E-state index in [1.54, 1.807) is 23.9 Å². The van der Waals surface area contributed by atoms with Crippen molar-refractivity contribution in [3.63, 3.8) is 0 Å². The van der Waals surface area contributed by atoms with Crippen molar-refractivity contribution in [3.8, 4) is 0 Å². The normalized spacial score (nSPS) is 14.0. The molecule has 154 valence electrons. The highest BCUT2D eigenvalue weighted by atomic mass is 32.2. The van der Waals surface area contributed by atoms with Gasteiger partial charge in [-0.3, -0.25) is 20.0 Å². The first kappa shape index (κ1) is 19.9. The lowest BCUT2D eigenvalue weighted by Crippen LogP contribution is -2.48. The Bertz CT molecular complexity index is 1000. The maximum absolute atomic E-state index is 12.8. The topological polar surface area (TPSA) is 108 Å². The van der Waals surface area contributed by atoms with Gasteiger partial charge < -0.3 is 9.80 Å². The Morgan fingerprint density at radius 1 is 1.07 bits per heavy atom. The Kier molecular flexibility index (Phi) is 5.94. The summed E-state index contributed by atoms with van der Waals surface area (Å²) in [6, 6.07) is 14.2. The van der Waals surface area contributed by atoms with Crippen molar-refractivity contribution in [2.75, 3.05) is 31.1 Å². The molecule has 1 aliphatic heterocycles. The summed E-state index contributed by atoms with van der Waals surface area (Å²) in [4.78, 5) is 31.3. The number of non-ortho nitro benzene ring substituents is 1. The second-order valence-electron chi connectivity index (χ2n) is 6.83. The highest BCUT2D eigenvalue weighted by Crippen LogP contribution is 2.22. The SMILES string of the molecule is O=C(c1ccc(CSc2ncn[nH]2)cc1)N1CCN(c2ccc([N+](=O)[O-])cc2)CC1. The first-order valence-corrected chi connectivity index (χ1v) is 10.4. The molecule has 0 atom stereocenters. The number of nitro groups is 1. The van der Waals surface area contributed by atoms with Crippen LogP contribution in [0, 0.1) is 10.1 Å². The van der Waals surface area contributed by atoms with Crippen molar-refractivity contribution in [1.29, 1.82) is 0 Å². The fourth-order valence-electron chi connectivity index (χ4n) is 3.29. The molecule has 0 saturated carbocycles. The van der Waals surface area contributed by atoms with E-state index in [9.17, 15) is 14.9 Å². The number of hydrogen-bond donors (Lipinski definition) is 1. The van der Waals surface area contributed by atoms with Crippen LogP contribution in [0.15, 0.2) is 60.0 Å². The number of aromatic nitrogens is 3. The third kappa shape index (κ3) is 4.60. The van der Waals surface area contributed by atoms with Crippen LogP contribution in [0.3, 0.4) is 0 Å². The van der Waals surface area contributed by atoms with Crippen LogP contribution >= 0.6 is 11.8 Å². The van der Waals surface area contributed by atoms with Gasteiger partial charge in [0.2, 0.25) is 0 Å². The fourth-order valence-corrected chi connectivity index (χ4v) is 4.03. The summed E-state index contributed by atoms with van der Waals surface area (Å²) in [6.45, 7) is 2.60. The molecule has 3 aromatic rings. The van der Waals surface area contributed by atoms with Crippen molar-refractivity contribution in [1.82, 2.24) is 20.1 Å². The van der Waals surface area contributed by atoms with E-state index in [0.717, 1.165) is 22.2 Å². The van der Waals surface area contributed by atoms with Crippen LogP contribution in [0.1, 0.15) is 15.9 Å². The molecular formula is C20H20N6O3S. The number of benzene rings is 2. The summed E-state index contributed by atoms with van der Waals surface area (Å²) >= 11 is 1.56. The first-order valence-electron chi connectivity index (χ1n) is 9.46. The van der Waals surface area contributed by atoms with Crippen LogP contribution in [-0.4, -0.2) is 57.1 Å². The van der Waals surface area contributed by atoms with Gasteiger partial charge in [-0.1, -0.05) is 23.9 Å². The largest absolute Gasteiger partial charge is 0.368 e. The summed E-state index contributed by atoms with van der Waals surface area (Å²) in [7, 11) is 0. The predicted octanol–water partition coefficient (Wildman–Crippen LogP) is 2.97. The second kappa shape index (κ2) is 8.95. The molecule has 1 aliphatic rings. The Morgan fingerprint density at radius 3 is 2.37 bits per heavy atom. The number of hydrogen-bond acceptors (Lipinski definition) is 7. The number of nitro benzene ring substituents is 1. The molecule has 1 amide bonds. The van der Waals surface area contributed by atoms with Crippen LogP contribution < -0.4 is 4.90 Å². The number of amides is 1. The average Bonchev–Trinajstić information content (AvgIpc) is 3.31. The molecule has 1 N–H and O–H groups in total. The lowest BCUT2D eigenvalue weighted by atomic mass is 10.1. The highest BCUT2D eigenvalue weighted by Gasteiger charge is 2.22. The van der Waals surface area contributed by atoms with Crippen molar-refractivity contribution >= 4 is 29.0 Å². The van der Waals surface area contributed by atoms with E-state index in [-0.39, 0.29) is 11.6 Å². The zero-order valence-electron chi connectivity index (χ0n) is 16.1. The van der Waals surface area contributed by atoms with E-state index in [4.69, 9.17) is 0 Å². The minimum atomic E-state index is -0.404. The molecule has 1 fully saturated rings. The number of anilines is 1. The third-order valence-corrected chi connectivity index (χ3v) is 5.91. The number of aromatic amines is 1. The molecule has 0 spiro atoms. The molecule has 10 heteroatoms. The van der Waals surface area contributed by atoms with E-state index >= 15 is 0 Å². The van der Waals surface area contributed by atoms with E-state index in [1.165, 1.54) is 18.5 Å². The molecule has 0 aliphatic carbocycles. The summed E-state index contributed by atoms with van der Waals surface area (Å²) in [6.07, 6.45) is 1.48. The van der Waals surface area contributed by atoms with Gasteiger partial charge in [-0.15, -0.1) is 0 Å². The molecule has 2 aromatic carbocycles. The number of thioether (sulfide) groups is 1. The van der Waals surface area contributed by atoms with Gasteiger partial charge in [-0.2, -0.15) is 5.10 Å². The summed E-state index contributed by atoms with van der Waals surface area (Å²) < 4.78 is 0. The summed E-state index contributed by atoms with van der Waals surface area (Å²) in [5, 5.41) is 18.2. The summed E-state index contributed by atoms with van der Waals surface area (Å²) in [5.74, 6) is 0.769. The lowest BCUT2D eigenvalue weighted by Gasteiger charge is -2.36. The van der Waals surface area contributed by atoms with E-state index in [2.05, 4.69) is 20.1 Å². The Hall–Kier alpha value is -3.40. The smallest absolute Gasteiger partial charge is 0.269 e. The molecule has 0 radical (unpaired) electrons. The molecule has 1 aromatic heterocycles. The van der Waals surface area contributed by atoms with Gasteiger partial charge >= 0.3 is 0 Å². The van der Waals surface area contributed by atoms with Crippen LogP contribution in [0.5, 0.6) is 0 Å². The summed E-state index contributed by atoms with van der Waals surface area (Å²) in [5.41, 5.74) is 2.79. The molecule has 9 nitrogen and oxygen atoms in total. The van der Waals surface area contributed by atoms with E-state index in [1.807, 2.05) is 29.2 Å². The van der Waals surface area contributed by atoms with Gasteiger partial charge in [0, 0.05) is 55.3 Å². The second-order valence-corrected chi connectivity index (χ2v) is 7.79. The standard InChI is InChI=1S/C20H20N6O3S/c27-19(16-3-1-15(2-4-16)13-30-20-21-14-22-23-20)25-11-9-24(10-12-25)17-5-7-18(8-6-17)26(28)29/h1-8,14H,9-13H2,(H,21,22,23). The Labute approximate surface area is 177 Å². The molecule has 30 heavy (non-hydrogen) atoms. The Morgan fingerprint density at radius 2 is 1.77 bits per heavy atom. The molecular weight excluding hydrogens is 404 g/mol. The minimum Gasteiger partial charge on any atom is -0.368 e. The van der Waals surface area contributed by atoms with Gasteiger partial charge in [-0.25, -0.2) is 4.98 Å². The van der Waals surface area contributed by atoms with Crippen LogP contribution in [-0.2, 0) is 5.75 Å². The number of nitrogens with zero attached hydrogens (tertiary/aromatic N) is 5. The van der Waals surface area contributed by atoms with Crippen molar-refractivity contribution < 1.29 is 9.72 Å². The maximum Gasteiger partial charge on any atom is 0.269 e. The van der Waals surface area contributed by atoms with Crippen molar-refractivity contribution in [3.05, 3.63) is 76.1 Å². The lowest BCUT2D eigenvalue weighted by molar-refractivity contribution is -0.384. The monoisotopic (exact) mass is 424 g/mol. The van der Waals surface area contributed by atoms with Gasteiger partial charge in [-0.05, 0) is 29.8 Å². The molecule has 0 bridgehead atoms. The van der Waals surface area contributed by atoms with Crippen molar-refractivity contribution in [2.24, 2.45) is 0 Å². The van der Waals surface area contributed by atoms with Gasteiger partial charge in [0.05, 0.1) is 4.92 Å². The number of rotatable bonds is 6.